The molecule has 2 aromatic carbocycles. The van der Waals surface area contributed by atoms with E-state index in [1.165, 1.54) is 0 Å². The van der Waals surface area contributed by atoms with Gasteiger partial charge in [-0.3, -0.25) is 4.79 Å². The number of benzene rings is 2. The number of hydrogen-bond donors (Lipinski definition) is 0. The predicted molar refractivity (Wildman–Crippen MR) is 90.8 cm³/mol. The van der Waals surface area contributed by atoms with Gasteiger partial charge in [0.25, 0.3) is 0 Å². The highest BCUT2D eigenvalue weighted by Gasteiger charge is 2.46. The first-order chi connectivity index (χ1) is 10.4. The van der Waals surface area contributed by atoms with Gasteiger partial charge >= 0.3 is 0 Å². The molecular weight excluding hydrogens is 292 g/mol. The monoisotopic (exact) mass is 313 g/mol. The van der Waals surface area contributed by atoms with E-state index in [4.69, 9.17) is 4.74 Å². The Kier molecular flexibility index (Phi) is 3.77. The van der Waals surface area contributed by atoms with E-state index in [2.05, 4.69) is 19.1 Å². The lowest BCUT2D eigenvalue weighted by Gasteiger charge is -2.26. The molecule has 1 aliphatic rings. The summed E-state index contributed by atoms with van der Waals surface area (Å²) < 4.78 is 6.02. The lowest BCUT2D eigenvalue weighted by atomic mass is 9.89. The lowest BCUT2D eigenvalue weighted by Crippen LogP contribution is -2.37. The van der Waals surface area contributed by atoms with E-state index in [0.717, 1.165) is 21.3 Å². The second kappa shape index (κ2) is 5.47. The van der Waals surface area contributed by atoms with E-state index in [-0.39, 0.29) is 21.6 Å². The molecule has 0 saturated carbocycles. The van der Waals surface area contributed by atoms with Crippen molar-refractivity contribution in [2.75, 3.05) is 0 Å². The molecule has 0 radical (unpaired) electrons. The summed E-state index contributed by atoms with van der Waals surface area (Å²) in [5.74, 6) is 2.04. The largest absolute Gasteiger partial charge is 0.447 e. The molecule has 0 aromatic heterocycles. The molecule has 3 heteroatoms. The zero-order valence-corrected chi connectivity index (χ0v) is 14.2. The molecule has 0 N–H and O–H groups in total. The highest BCUT2D eigenvalue weighted by molar-refractivity contribution is 7.98. The summed E-state index contributed by atoms with van der Waals surface area (Å²) in [6.07, 6.45) is 0. The Morgan fingerprint density at radius 2 is 1.41 bits per heavy atom. The van der Waals surface area contributed by atoms with Crippen LogP contribution in [0.4, 0.5) is 0 Å². The minimum absolute atomic E-state index is 0.0637. The van der Waals surface area contributed by atoms with Crippen LogP contribution in [0, 0.1) is 5.41 Å². The molecule has 2 nitrogen and oxygen atoms in total. The predicted octanol–water partition coefficient (Wildman–Crippen LogP) is 4.83. The van der Waals surface area contributed by atoms with Crippen molar-refractivity contribution in [1.82, 2.24) is 0 Å². The molecule has 1 aliphatic heterocycles. The lowest BCUT2D eigenvalue weighted by molar-refractivity contribution is -0.125. The number of carbonyl (C=O) groups is 1. The fourth-order valence-electron chi connectivity index (χ4n) is 2.77. The van der Waals surface area contributed by atoms with Crippen molar-refractivity contribution in [2.24, 2.45) is 5.41 Å². The normalized spacial score (nSPS) is 15.5. The average molecular weight is 313 g/mol. The zero-order chi connectivity index (χ0) is 15.9. The topological polar surface area (TPSA) is 26.3 Å². The minimum atomic E-state index is -0.339. The standard InChI is InChI=1S/C19H21O2S/c1-13(18(20)19(2,3)4)22-16-11-7-5-9-14(16)21-15-10-6-8-12-17(15)22/h5-13H,1-4H3/q+1. The first-order valence-electron chi connectivity index (χ1n) is 7.53. The van der Waals surface area contributed by atoms with Crippen molar-refractivity contribution < 1.29 is 9.53 Å². The van der Waals surface area contributed by atoms with Crippen molar-refractivity contribution in [3.63, 3.8) is 0 Å². The molecule has 1 unspecified atom stereocenters. The molecule has 0 fully saturated rings. The molecule has 0 saturated heterocycles. The number of hydrogen-bond acceptors (Lipinski definition) is 2. The first-order valence-corrected chi connectivity index (χ1v) is 8.81. The maximum atomic E-state index is 12.8. The molecule has 0 aliphatic carbocycles. The summed E-state index contributed by atoms with van der Waals surface area (Å²) in [7, 11) is -0.290. The van der Waals surface area contributed by atoms with Crippen LogP contribution >= 0.6 is 0 Å². The Balaban J connectivity index is 2.12. The van der Waals surface area contributed by atoms with E-state index >= 15 is 0 Å². The van der Waals surface area contributed by atoms with Gasteiger partial charge in [-0.05, 0) is 31.2 Å². The van der Waals surface area contributed by atoms with Crippen LogP contribution in [-0.2, 0) is 15.7 Å². The van der Waals surface area contributed by atoms with Crippen LogP contribution in [0.5, 0.6) is 11.5 Å². The number of carbonyl (C=O) groups excluding carboxylic acids is 1. The molecule has 2 aromatic rings. The average Bonchev–Trinajstić information content (AvgIpc) is 2.50. The summed E-state index contributed by atoms with van der Waals surface area (Å²) in [6, 6.07) is 16.1. The van der Waals surface area contributed by atoms with E-state index < -0.39 is 0 Å². The second-order valence-corrected chi connectivity index (χ2v) is 8.85. The van der Waals surface area contributed by atoms with Gasteiger partial charge in [-0.25, -0.2) is 0 Å². The summed E-state index contributed by atoms with van der Waals surface area (Å²) in [5, 5.41) is -0.0637. The van der Waals surface area contributed by atoms with Gasteiger partial charge in [-0.15, -0.1) is 0 Å². The maximum Gasteiger partial charge on any atom is 0.203 e. The van der Waals surface area contributed by atoms with Crippen molar-refractivity contribution in [1.29, 1.82) is 0 Å². The van der Waals surface area contributed by atoms with Crippen LogP contribution in [0.25, 0.3) is 0 Å². The summed E-state index contributed by atoms with van der Waals surface area (Å²) in [5.41, 5.74) is -0.339. The van der Waals surface area contributed by atoms with Gasteiger partial charge in [0.1, 0.15) is 0 Å². The van der Waals surface area contributed by atoms with Crippen LogP contribution in [0.3, 0.4) is 0 Å². The fraction of sp³-hybridized carbons (Fsp3) is 0.316. The Bertz CT molecular complexity index is 670. The Labute approximate surface area is 134 Å². The van der Waals surface area contributed by atoms with Crippen LogP contribution in [-0.4, -0.2) is 11.0 Å². The number of ether oxygens (including phenoxy) is 1. The number of para-hydroxylation sites is 2. The quantitative estimate of drug-likeness (QED) is 0.742. The van der Waals surface area contributed by atoms with Crippen molar-refractivity contribution in [2.45, 2.75) is 42.7 Å². The Hall–Kier alpha value is -1.74. The molecule has 114 valence electrons. The summed E-state index contributed by atoms with van der Waals surface area (Å²) in [4.78, 5) is 15.1. The van der Waals surface area contributed by atoms with Gasteiger partial charge in [0.15, 0.2) is 22.5 Å². The number of Topliss-reactive ketones (excluding diaryl/α,β-unsaturated/α-hetero) is 1. The summed E-state index contributed by atoms with van der Waals surface area (Å²) in [6.45, 7) is 8.03. The van der Waals surface area contributed by atoms with E-state index in [1.807, 2.05) is 57.2 Å². The molecule has 22 heavy (non-hydrogen) atoms. The van der Waals surface area contributed by atoms with Crippen LogP contribution in [0.15, 0.2) is 58.3 Å². The highest BCUT2D eigenvalue weighted by Crippen LogP contribution is 2.46. The fourth-order valence-corrected chi connectivity index (χ4v) is 5.44. The smallest absolute Gasteiger partial charge is 0.203 e. The van der Waals surface area contributed by atoms with Gasteiger partial charge in [0.05, 0.1) is 10.9 Å². The van der Waals surface area contributed by atoms with Crippen LogP contribution < -0.4 is 4.74 Å². The third-order valence-corrected chi connectivity index (χ3v) is 6.40. The van der Waals surface area contributed by atoms with E-state index in [9.17, 15) is 4.79 Å². The molecule has 0 amide bonds. The maximum absolute atomic E-state index is 12.8. The molecule has 0 bridgehead atoms. The zero-order valence-electron chi connectivity index (χ0n) is 13.4. The highest BCUT2D eigenvalue weighted by atomic mass is 32.2. The summed E-state index contributed by atoms with van der Waals surface area (Å²) >= 11 is 0. The molecule has 1 heterocycles. The van der Waals surface area contributed by atoms with E-state index in [1.54, 1.807) is 0 Å². The molecule has 3 rings (SSSR count). The molecule has 0 spiro atoms. The van der Waals surface area contributed by atoms with Gasteiger partial charge in [-0.2, -0.15) is 0 Å². The van der Waals surface area contributed by atoms with Crippen LogP contribution in [0.1, 0.15) is 27.7 Å². The Morgan fingerprint density at radius 1 is 0.955 bits per heavy atom. The number of rotatable bonds is 2. The van der Waals surface area contributed by atoms with Gasteiger partial charge in [-0.1, -0.05) is 45.0 Å². The number of fused-ring (bicyclic) bond motifs is 2. The van der Waals surface area contributed by atoms with Crippen LogP contribution in [0.2, 0.25) is 0 Å². The van der Waals surface area contributed by atoms with Gasteiger partial charge < -0.3 is 4.74 Å². The molecular formula is C19H21O2S+. The van der Waals surface area contributed by atoms with Crippen molar-refractivity contribution in [3.8, 4) is 11.5 Å². The van der Waals surface area contributed by atoms with Gasteiger partial charge in [0, 0.05) is 5.41 Å². The number of ketones is 1. The minimum Gasteiger partial charge on any atom is -0.447 e. The first kappa shape index (κ1) is 15.2. The van der Waals surface area contributed by atoms with Crippen molar-refractivity contribution in [3.05, 3.63) is 48.5 Å². The third-order valence-electron chi connectivity index (χ3n) is 3.85. The van der Waals surface area contributed by atoms with E-state index in [0.29, 0.717) is 5.78 Å². The Morgan fingerprint density at radius 3 is 1.86 bits per heavy atom. The SMILES string of the molecule is CC(C(=O)C(C)(C)C)[S+]1c2ccccc2Oc2ccccc21. The van der Waals surface area contributed by atoms with Gasteiger partial charge in [0.2, 0.25) is 9.79 Å². The van der Waals surface area contributed by atoms with Crippen molar-refractivity contribution >= 4 is 16.7 Å². The second-order valence-electron chi connectivity index (χ2n) is 6.59. The molecule has 1 atom stereocenters. The third kappa shape index (κ3) is 2.54.